The van der Waals surface area contributed by atoms with Crippen LogP contribution < -0.4 is 4.90 Å². The van der Waals surface area contributed by atoms with E-state index >= 15 is 0 Å². The summed E-state index contributed by atoms with van der Waals surface area (Å²) in [4.78, 5) is 12.2. The first kappa shape index (κ1) is 36.0. The van der Waals surface area contributed by atoms with Gasteiger partial charge in [0.05, 0.1) is 11.4 Å². The number of fused-ring (bicyclic) bond motifs is 10. The first-order valence-electron chi connectivity index (χ1n) is 21.2. The van der Waals surface area contributed by atoms with E-state index in [4.69, 9.17) is 9.97 Å². The molecule has 4 aromatic heterocycles. The summed E-state index contributed by atoms with van der Waals surface area (Å²) in [6.07, 6.45) is 4.06. The molecule has 9 aromatic carbocycles. The molecule has 0 amide bonds. The molecule has 0 saturated heterocycles. The normalized spacial score (nSPS) is 11.8. The zero-order valence-corrected chi connectivity index (χ0v) is 35.5. The maximum atomic E-state index is 4.94. The zero-order valence-electron chi connectivity index (χ0n) is 33.9. The fourth-order valence-corrected chi connectivity index (χ4v) is 11.5. The molecule has 0 saturated carbocycles. The molecular weight excluding hydrogens is 803 g/mol. The number of benzene rings is 9. The van der Waals surface area contributed by atoms with Gasteiger partial charge in [-0.1, -0.05) is 127 Å². The van der Waals surface area contributed by atoms with Crippen LogP contribution in [0.1, 0.15) is 0 Å². The van der Waals surface area contributed by atoms with E-state index in [2.05, 4.69) is 205 Å². The molecule has 294 valence electrons. The average Bonchev–Trinajstić information content (AvgIpc) is 3.92. The predicted molar refractivity (Wildman–Crippen MR) is 271 cm³/mol. The largest absolute Gasteiger partial charge is 0.310 e. The second kappa shape index (κ2) is 14.5. The van der Waals surface area contributed by atoms with Crippen molar-refractivity contribution >= 4 is 112 Å². The molecule has 0 unspecified atom stereocenters. The van der Waals surface area contributed by atoms with Crippen molar-refractivity contribution in [3.05, 3.63) is 213 Å². The van der Waals surface area contributed by atoms with Crippen molar-refractivity contribution in [1.29, 1.82) is 0 Å². The van der Waals surface area contributed by atoms with Gasteiger partial charge in [0.2, 0.25) is 0 Å². The summed E-state index contributed by atoms with van der Waals surface area (Å²) >= 11 is 3.65. The van der Waals surface area contributed by atoms with Gasteiger partial charge in [-0.2, -0.15) is 0 Å². The molecule has 0 bridgehead atoms. The molecule has 0 atom stereocenters. The molecular formula is C58H35N3S2. The van der Waals surface area contributed by atoms with Gasteiger partial charge in [-0.3, -0.25) is 9.97 Å². The van der Waals surface area contributed by atoms with Crippen LogP contribution in [0.2, 0.25) is 0 Å². The molecule has 5 heteroatoms. The quantitative estimate of drug-likeness (QED) is 0.156. The Morgan fingerprint density at radius 1 is 0.286 bits per heavy atom. The lowest BCUT2D eigenvalue weighted by Crippen LogP contribution is -2.10. The van der Waals surface area contributed by atoms with Crippen LogP contribution in [0.4, 0.5) is 17.1 Å². The number of hydrogen-bond acceptors (Lipinski definition) is 5. The highest BCUT2D eigenvalue weighted by atomic mass is 32.1. The van der Waals surface area contributed by atoms with Gasteiger partial charge in [0.1, 0.15) is 0 Å². The number of hydrogen-bond donors (Lipinski definition) is 0. The number of anilines is 3. The van der Waals surface area contributed by atoms with Gasteiger partial charge in [0, 0.05) is 80.9 Å². The van der Waals surface area contributed by atoms with Gasteiger partial charge in [-0.05, 0) is 116 Å². The van der Waals surface area contributed by atoms with E-state index in [1.807, 2.05) is 35.1 Å². The molecule has 0 aliphatic heterocycles. The number of thiophene rings is 2. The highest BCUT2D eigenvalue weighted by molar-refractivity contribution is 7.26. The Morgan fingerprint density at radius 3 is 1.33 bits per heavy atom. The Kier molecular flexibility index (Phi) is 8.26. The minimum absolute atomic E-state index is 0.973. The van der Waals surface area contributed by atoms with Crippen LogP contribution in [0.25, 0.3) is 106 Å². The van der Waals surface area contributed by atoms with Crippen molar-refractivity contribution in [2.45, 2.75) is 0 Å². The standard InChI is InChI=1S/C58H35N3S2/c1-2-8-39-29-40(14-13-36(39)7-1)41-21-27-47-42(30-41)15-16-43-31-46(26-28-48(43)47)61(44-22-17-37(18-23-44)53-32-57-51(34-59-53)49-9-3-5-11-55(49)62-57)45-24-19-38(20-25-45)54-33-58-52(35-60-54)50-10-4-6-12-56(50)63-58/h1-35H. The fraction of sp³-hybridized carbons (Fsp3) is 0. The van der Waals surface area contributed by atoms with Gasteiger partial charge in [-0.25, -0.2) is 0 Å². The number of rotatable bonds is 6. The Balaban J connectivity index is 0.884. The minimum Gasteiger partial charge on any atom is -0.310 e. The summed E-state index contributed by atoms with van der Waals surface area (Å²) < 4.78 is 5.08. The van der Waals surface area contributed by atoms with E-state index in [0.29, 0.717) is 0 Å². The van der Waals surface area contributed by atoms with Crippen molar-refractivity contribution in [2.24, 2.45) is 0 Å². The summed E-state index contributed by atoms with van der Waals surface area (Å²) in [5.74, 6) is 0. The molecule has 13 aromatic rings. The van der Waals surface area contributed by atoms with Crippen molar-refractivity contribution in [3.63, 3.8) is 0 Å². The van der Waals surface area contributed by atoms with E-state index in [9.17, 15) is 0 Å². The van der Waals surface area contributed by atoms with Crippen molar-refractivity contribution in [3.8, 4) is 33.6 Å². The lowest BCUT2D eigenvalue weighted by Gasteiger charge is -2.26. The molecule has 13 rings (SSSR count). The third-order valence-corrected chi connectivity index (χ3v) is 14.8. The molecule has 0 N–H and O–H groups in total. The summed E-state index contributed by atoms with van der Waals surface area (Å²) in [7, 11) is 0. The number of aromatic nitrogens is 2. The molecule has 3 nitrogen and oxygen atoms in total. The van der Waals surface area contributed by atoms with E-state index in [0.717, 1.165) is 39.6 Å². The van der Waals surface area contributed by atoms with Crippen molar-refractivity contribution in [2.75, 3.05) is 4.90 Å². The molecule has 0 radical (unpaired) electrons. The van der Waals surface area contributed by atoms with Crippen LogP contribution in [0.3, 0.4) is 0 Å². The average molecular weight is 838 g/mol. The summed E-state index contributed by atoms with van der Waals surface area (Å²) in [5, 5.41) is 12.4. The van der Waals surface area contributed by atoms with E-state index in [1.165, 1.54) is 83.8 Å². The number of nitrogens with zero attached hydrogens (tertiary/aromatic N) is 3. The molecule has 4 heterocycles. The van der Waals surface area contributed by atoms with Crippen LogP contribution in [0, 0.1) is 0 Å². The van der Waals surface area contributed by atoms with Crippen LogP contribution >= 0.6 is 22.7 Å². The minimum atomic E-state index is 0.973. The van der Waals surface area contributed by atoms with Crippen LogP contribution in [0.15, 0.2) is 213 Å². The predicted octanol–water partition coefficient (Wildman–Crippen LogP) is 17.1. The van der Waals surface area contributed by atoms with Crippen molar-refractivity contribution in [1.82, 2.24) is 9.97 Å². The zero-order chi connectivity index (χ0) is 41.4. The van der Waals surface area contributed by atoms with Crippen LogP contribution in [-0.2, 0) is 0 Å². The Labute approximate surface area is 371 Å². The first-order valence-corrected chi connectivity index (χ1v) is 22.8. The maximum Gasteiger partial charge on any atom is 0.0716 e. The molecule has 0 aliphatic rings. The number of pyridine rings is 2. The molecule has 0 aliphatic carbocycles. The van der Waals surface area contributed by atoms with E-state index < -0.39 is 0 Å². The van der Waals surface area contributed by atoms with Crippen LogP contribution in [0.5, 0.6) is 0 Å². The second-order valence-electron chi connectivity index (χ2n) is 16.2. The monoisotopic (exact) mass is 837 g/mol. The van der Waals surface area contributed by atoms with Gasteiger partial charge in [0.25, 0.3) is 0 Å². The van der Waals surface area contributed by atoms with E-state index in [-0.39, 0.29) is 0 Å². The maximum absolute atomic E-state index is 4.94. The lowest BCUT2D eigenvalue weighted by atomic mass is 9.96. The van der Waals surface area contributed by atoms with Gasteiger partial charge >= 0.3 is 0 Å². The first-order chi connectivity index (χ1) is 31.2. The molecule has 0 spiro atoms. The molecule has 0 fully saturated rings. The van der Waals surface area contributed by atoms with Crippen LogP contribution in [-0.4, -0.2) is 9.97 Å². The van der Waals surface area contributed by atoms with Crippen molar-refractivity contribution < 1.29 is 0 Å². The Hall–Kier alpha value is -7.70. The Morgan fingerprint density at radius 2 is 0.730 bits per heavy atom. The SMILES string of the molecule is c1ccc2cc(-c3ccc4c(ccc5cc(N(c6ccc(-c7cc8sc9ccccc9c8cn7)cc6)c6ccc(-c7cc8sc9ccccc9c8cn7)cc6)ccc54)c3)ccc2c1. The van der Waals surface area contributed by atoms with E-state index in [1.54, 1.807) is 0 Å². The summed E-state index contributed by atoms with van der Waals surface area (Å²) in [5.41, 5.74) is 9.80. The Bertz CT molecular complexity index is 3760. The topological polar surface area (TPSA) is 29.0 Å². The lowest BCUT2D eigenvalue weighted by molar-refractivity contribution is 1.28. The van der Waals surface area contributed by atoms with Gasteiger partial charge in [0.15, 0.2) is 0 Å². The smallest absolute Gasteiger partial charge is 0.0716 e. The summed E-state index contributed by atoms with van der Waals surface area (Å²) in [6.45, 7) is 0. The van der Waals surface area contributed by atoms with Gasteiger partial charge in [-0.15, -0.1) is 22.7 Å². The van der Waals surface area contributed by atoms with Gasteiger partial charge < -0.3 is 4.90 Å². The highest BCUT2D eigenvalue weighted by Gasteiger charge is 2.17. The second-order valence-corrected chi connectivity index (χ2v) is 18.4. The fourth-order valence-electron chi connectivity index (χ4n) is 9.31. The highest BCUT2D eigenvalue weighted by Crippen LogP contribution is 2.41. The third kappa shape index (κ3) is 6.16. The summed E-state index contributed by atoms with van der Waals surface area (Å²) in [6, 6.07) is 72.8. The molecule has 63 heavy (non-hydrogen) atoms. The third-order valence-electron chi connectivity index (χ3n) is 12.5.